The zero-order chi connectivity index (χ0) is 13.8. The maximum absolute atomic E-state index is 13.5. The molecular formula is C15H19F2NO. The Labute approximate surface area is 112 Å². The predicted molar refractivity (Wildman–Crippen MR) is 70.2 cm³/mol. The van der Waals surface area contributed by atoms with Gasteiger partial charge in [-0.2, -0.15) is 0 Å². The molecule has 0 saturated carbocycles. The molecule has 1 aromatic rings. The number of rotatable bonds is 4. The summed E-state index contributed by atoms with van der Waals surface area (Å²) in [6.07, 6.45) is 4.31. The van der Waals surface area contributed by atoms with E-state index in [1.54, 1.807) is 0 Å². The van der Waals surface area contributed by atoms with Crippen LogP contribution in [0.15, 0.2) is 18.2 Å². The number of carbonyl (C=O) groups excluding carboxylic acids is 1. The lowest BCUT2D eigenvalue weighted by molar-refractivity contribution is 0.0834. The molecule has 0 aromatic heterocycles. The standard InChI is InChI=1S/C15H19F2NO/c1-2-12-5-3-4-8-18(12)10-15(19)13-9-11(16)6-7-14(13)17/h6-7,9,12H,2-5,8,10H2,1H3. The minimum absolute atomic E-state index is 0.138. The van der Waals surface area contributed by atoms with Gasteiger partial charge in [-0.05, 0) is 44.0 Å². The Morgan fingerprint density at radius 2 is 2.16 bits per heavy atom. The van der Waals surface area contributed by atoms with Crippen LogP contribution in [-0.4, -0.2) is 29.8 Å². The largest absolute Gasteiger partial charge is 0.293 e. The molecule has 0 spiro atoms. The van der Waals surface area contributed by atoms with E-state index < -0.39 is 11.6 Å². The SMILES string of the molecule is CCC1CCCCN1CC(=O)c1cc(F)ccc1F. The molecule has 1 saturated heterocycles. The topological polar surface area (TPSA) is 20.3 Å². The molecule has 0 N–H and O–H groups in total. The molecule has 0 bridgehead atoms. The number of benzene rings is 1. The molecule has 1 aliphatic heterocycles. The number of nitrogens with zero attached hydrogens (tertiary/aromatic N) is 1. The number of hydrogen-bond donors (Lipinski definition) is 0. The zero-order valence-corrected chi connectivity index (χ0v) is 11.2. The summed E-state index contributed by atoms with van der Waals surface area (Å²) in [5.74, 6) is -1.55. The average Bonchev–Trinajstić information content (AvgIpc) is 2.42. The molecule has 1 fully saturated rings. The summed E-state index contributed by atoms with van der Waals surface area (Å²) in [7, 11) is 0. The normalized spacial score (nSPS) is 20.5. The van der Waals surface area contributed by atoms with Gasteiger partial charge in [-0.1, -0.05) is 13.3 Å². The van der Waals surface area contributed by atoms with Crippen molar-refractivity contribution in [3.63, 3.8) is 0 Å². The molecule has 104 valence electrons. The van der Waals surface area contributed by atoms with Crippen LogP contribution < -0.4 is 0 Å². The van der Waals surface area contributed by atoms with E-state index in [1.807, 2.05) is 0 Å². The van der Waals surface area contributed by atoms with E-state index in [0.29, 0.717) is 6.04 Å². The molecule has 0 radical (unpaired) electrons. The van der Waals surface area contributed by atoms with Crippen molar-refractivity contribution in [1.29, 1.82) is 0 Å². The molecule has 4 heteroatoms. The van der Waals surface area contributed by atoms with Crippen molar-refractivity contribution in [2.24, 2.45) is 0 Å². The van der Waals surface area contributed by atoms with Gasteiger partial charge in [0.2, 0.25) is 0 Å². The molecule has 2 rings (SSSR count). The fraction of sp³-hybridized carbons (Fsp3) is 0.533. The summed E-state index contributed by atoms with van der Waals surface area (Å²) in [4.78, 5) is 14.2. The van der Waals surface area contributed by atoms with E-state index in [2.05, 4.69) is 11.8 Å². The van der Waals surface area contributed by atoms with Crippen LogP contribution in [0.5, 0.6) is 0 Å². The van der Waals surface area contributed by atoms with Crippen molar-refractivity contribution in [1.82, 2.24) is 4.90 Å². The summed E-state index contributed by atoms with van der Waals surface area (Å²) in [5.41, 5.74) is -0.138. The van der Waals surface area contributed by atoms with E-state index in [-0.39, 0.29) is 17.9 Å². The number of ketones is 1. The molecule has 1 unspecified atom stereocenters. The van der Waals surface area contributed by atoms with Crippen molar-refractivity contribution < 1.29 is 13.6 Å². The maximum Gasteiger partial charge on any atom is 0.179 e. The Bertz CT molecular complexity index is 461. The van der Waals surface area contributed by atoms with E-state index in [4.69, 9.17) is 0 Å². The third-order valence-electron chi connectivity index (χ3n) is 3.80. The van der Waals surface area contributed by atoms with Crippen LogP contribution in [0.4, 0.5) is 8.78 Å². The molecule has 1 aromatic carbocycles. The lowest BCUT2D eigenvalue weighted by Gasteiger charge is -2.34. The van der Waals surface area contributed by atoms with Crippen LogP contribution in [0.25, 0.3) is 0 Å². The van der Waals surface area contributed by atoms with Gasteiger partial charge in [0.1, 0.15) is 11.6 Å². The van der Waals surface area contributed by atoms with Crippen molar-refractivity contribution in [3.05, 3.63) is 35.4 Å². The fourth-order valence-corrected chi connectivity index (χ4v) is 2.71. The van der Waals surface area contributed by atoms with Crippen LogP contribution in [0.3, 0.4) is 0 Å². The second kappa shape index (κ2) is 6.24. The molecule has 2 nitrogen and oxygen atoms in total. The Hall–Kier alpha value is -1.29. The van der Waals surface area contributed by atoms with Gasteiger partial charge in [-0.25, -0.2) is 8.78 Å². The van der Waals surface area contributed by atoms with Crippen LogP contribution in [0, 0.1) is 11.6 Å². The van der Waals surface area contributed by atoms with Crippen LogP contribution in [0.2, 0.25) is 0 Å². The number of halogens is 2. The highest BCUT2D eigenvalue weighted by atomic mass is 19.1. The van der Waals surface area contributed by atoms with Gasteiger partial charge in [0.25, 0.3) is 0 Å². The number of likely N-dealkylation sites (tertiary alicyclic amines) is 1. The quantitative estimate of drug-likeness (QED) is 0.779. The van der Waals surface area contributed by atoms with Crippen molar-refractivity contribution >= 4 is 5.78 Å². The minimum Gasteiger partial charge on any atom is -0.293 e. The van der Waals surface area contributed by atoms with Gasteiger partial charge in [0.15, 0.2) is 5.78 Å². The van der Waals surface area contributed by atoms with Crippen LogP contribution in [0.1, 0.15) is 43.0 Å². The van der Waals surface area contributed by atoms with Gasteiger partial charge in [-0.15, -0.1) is 0 Å². The van der Waals surface area contributed by atoms with Crippen molar-refractivity contribution in [2.75, 3.05) is 13.1 Å². The summed E-state index contributed by atoms with van der Waals surface area (Å²) >= 11 is 0. The predicted octanol–water partition coefficient (Wildman–Crippen LogP) is 3.41. The monoisotopic (exact) mass is 267 g/mol. The highest BCUT2D eigenvalue weighted by Gasteiger charge is 2.24. The third kappa shape index (κ3) is 3.38. The molecule has 1 aliphatic rings. The summed E-state index contributed by atoms with van der Waals surface area (Å²) < 4.78 is 26.6. The Morgan fingerprint density at radius 3 is 2.89 bits per heavy atom. The number of hydrogen-bond acceptors (Lipinski definition) is 2. The van der Waals surface area contributed by atoms with Crippen molar-refractivity contribution in [2.45, 2.75) is 38.6 Å². The first-order valence-corrected chi connectivity index (χ1v) is 6.84. The van der Waals surface area contributed by atoms with E-state index in [0.717, 1.165) is 44.0 Å². The Balaban J connectivity index is 2.09. The number of carbonyl (C=O) groups is 1. The first-order valence-electron chi connectivity index (χ1n) is 6.84. The van der Waals surface area contributed by atoms with Crippen LogP contribution in [-0.2, 0) is 0 Å². The Morgan fingerprint density at radius 1 is 1.37 bits per heavy atom. The molecule has 0 aliphatic carbocycles. The summed E-state index contributed by atoms with van der Waals surface area (Å²) in [6.45, 7) is 3.14. The van der Waals surface area contributed by atoms with Gasteiger partial charge in [-0.3, -0.25) is 9.69 Å². The highest BCUT2D eigenvalue weighted by Crippen LogP contribution is 2.20. The van der Waals surface area contributed by atoms with Gasteiger partial charge < -0.3 is 0 Å². The van der Waals surface area contributed by atoms with Gasteiger partial charge in [0.05, 0.1) is 12.1 Å². The minimum atomic E-state index is -0.642. The van der Waals surface area contributed by atoms with Gasteiger partial charge >= 0.3 is 0 Å². The van der Waals surface area contributed by atoms with E-state index >= 15 is 0 Å². The number of Topliss-reactive ketones (excluding diaryl/α,β-unsaturated/α-hetero) is 1. The Kier molecular flexibility index (Phi) is 4.64. The molecule has 19 heavy (non-hydrogen) atoms. The first-order chi connectivity index (χ1) is 9.11. The molecule has 0 amide bonds. The lowest BCUT2D eigenvalue weighted by atomic mass is 9.99. The fourth-order valence-electron chi connectivity index (χ4n) is 2.71. The zero-order valence-electron chi connectivity index (χ0n) is 11.2. The maximum atomic E-state index is 13.5. The summed E-state index contributed by atoms with van der Waals surface area (Å²) in [6, 6.07) is 3.41. The van der Waals surface area contributed by atoms with Crippen LogP contribution >= 0.6 is 0 Å². The smallest absolute Gasteiger partial charge is 0.179 e. The van der Waals surface area contributed by atoms with E-state index in [1.165, 1.54) is 6.42 Å². The second-order valence-corrected chi connectivity index (χ2v) is 5.08. The van der Waals surface area contributed by atoms with E-state index in [9.17, 15) is 13.6 Å². The second-order valence-electron chi connectivity index (χ2n) is 5.08. The number of piperidine rings is 1. The molecular weight excluding hydrogens is 248 g/mol. The van der Waals surface area contributed by atoms with Crippen molar-refractivity contribution in [3.8, 4) is 0 Å². The lowest BCUT2D eigenvalue weighted by Crippen LogP contribution is -2.42. The highest BCUT2D eigenvalue weighted by molar-refractivity contribution is 5.97. The average molecular weight is 267 g/mol. The van der Waals surface area contributed by atoms with Gasteiger partial charge in [0, 0.05) is 6.04 Å². The summed E-state index contributed by atoms with van der Waals surface area (Å²) in [5, 5.41) is 0. The first kappa shape index (κ1) is 14.1. The third-order valence-corrected chi connectivity index (χ3v) is 3.80. The molecule has 1 heterocycles. The molecule has 1 atom stereocenters.